The minimum absolute atomic E-state index is 0.198. The number of ether oxygens (including phenoxy) is 1. The molecule has 1 heterocycles. The molecule has 7 heteroatoms. The van der Waals surface area contributed by atoms with Gasteiger partial charge in [0.1, 0.15) is 5.66 Å². The van der Waals surface area contributed by atoms with E-state index in [1.807, 2.05) is 23.1 Å². The largest absolute Gasteiger partial charge is 0.462 e. The quantitative estimate of drug-likeness (QED) is 0.622. The maximum Gasteiger partial charge on any atom is 0.340 e. The molecule has 2 aliphatic rings. The number of esters is 1. The molecule has 1 aromatic carbocycles. The van der Waals surface area contributed by atoms with E-state index in [1.165, 1.54) is 0 Å². The number of para-hydroxylation sites is 1. The number of guanidine groups is 2. The zero-order chi connectivity index (χ0) is 18.6. The van der Waals surface area contributed by atoms with Gasteiger partial charge in [-0.05, 0) is 44.2 Å². The van der Waals surface area contributed by atoms with Crippen molar-refractivity contribution in [1.29, 1.82) is 0 Å². The van der Waals surface area contributed by atoms with Gasteiger partial charge in [0, 0.05) is 0 Å². The molecule has 1 aliphatic heterocycles. The van der Waals surface area contributed by atoms with Crippen LogP contribution in [-0.4, -0.2) is 30.2 Å². The molecule has 0 aromatic heterocycles. The summed E-state index contributed by atoms with van der Waals surface area (Å²) >= 11 is 0. The Bertz CT molecular complexity index is 722. The number of nitrogens with two attached hydrogens (primary N) is 2. The van der Waals surface area contributed by atoms with Gasteiger partial charge in [-0.15, -0.1) is 0 Å². The number of rotatable bonds is 5. The maximum absolute atomic E-state index is 12.6. The normalized spacial score (nSPS) is 19.0. The third kappa shape index (κ3) is 3.52. The van der Waals surface area contributed by atoms with Gasteiger partial charge in [0.15, 0.2) is 0 Å². The molecule has 0 atom stereocenters. The molecule has 0 amide bonds. The van der Waals surface area contributed by atoms with Crippen molar-refractivity contribution in [2.24, 2.45) is 21.5 Å². The smallest absolute Gasteiger partial charge is 0.340 e. The zero-order valence-electron chi connectivity index (χ0n) is 15.3. The summed E-state index contributed by atoms with van der Waals surface area (Å²) in [4.78, 5) is 23.3. The molecular weight excluding hydrogens is 330 g/mol. The number of anilines is 1. The number of carbonyl (C=O) groups excluding carboxylic acids is 1. The maximum atomic E-state index is 12.6. The molecule has 1 aromatic rings. The van der Waals surface area contributed by atoms with Gasteiger partial charge in [0.2, 0.25) is 11.9 Å². The van der Waals surface area contributed by atoms with Crippen LogP contribution in [0.25, 0.3) is 0 Å². The molecular formula is C19H27N5O2. The van der Waals surface area contributed by atoms with Crippen molar-refractivity contribution in [3.8, 4) is 0 Å². The Kier molecular flexibility index (Phi) is 5.44. The minimum atomic E-state index is -0.575. The first kappa shape index (κ1) is 18.2. The highest BCUT2D eigenvalue weighted by molar-refractivity contribution is 6.09. The lowest BCUT2D eigenvalue weighted by molar-refractivity contribution is 0.0500. The zero-order valence-corrected chi connectivity index (χ0v) is 15.3. The lowest BCUT2D eigenvalue weighted by Crippen LogP contribution is -2.58. The predicted molar refractivity (Wildman–Crippen MR) is 103 cm³/mol. The van der Waals surface area contributed by atoms with Crippen molar-refractivity contribution in [3.63, 3.8) is 0 Å². The Labute approximate surface area is 154 Å². The molecule has 1 fully saturated rings. The Morgan fingerprint density at radius 1 is 1.23 bits per heavy atom. The Morgan fingerprint density at radius 2 is 1.96 bits per heavy atom. The molecule has 4 N–H and O–H groups in total. The van der Waals surface area contributed by atoms with Crippen LogP contribution in [0.15, 0.2) is 34.3 Å². The van der Waals surface area contributed by atoms with Gasteiger partial charge < -0.3 is 16.2 Å². The molecule has 1 spiro atoms. The molecule has 1 saturated carbocycles. The van der Waals surface area contributed by atoms with Gasteiger partial charge in [0.05, 0.1) is 17.9 Å². The van der Waals surface area contributed by atoms with E-state index < -0.39 is 5.66 Å². The van der Waals surface area contributed by atoms with Crippen molar-refractivity contribution >= 4 is 23.6 Å². The molecule has 0 unspecified atom stereocenters. The van der Waals surface area contributed by atoms with E-state index in [1.54, 1.807) is 6.07 Å². The van der Waals surface area contributed by atoms with Crippen LogP contribution in [-0.2, 0) is 4.74 Å². The molecule has 26 heavy (non-hydrogen) atoms. The average Bonchev–Trinajstić information content (AvgIpc) is 2.62. The van der Waals surface area contributed by atoms with Gasteiger partial charge in [-0.25, -0.2) is 9.79 Å². The van der Waals surface area contributed by atoms with Gasteiger partial charge in [-0.2, -0.15) is 4.99 Å². The van der Waals surface area contributed by atoms with E-state index in [9.17, 15) is 4.79 Å². The summed E-state index contributed by atoms with van der Waals surface area (Å²) in [5, 5.41) is 0. The molecule has 0 saturated heterocycles. The summed E-state index contributed by atoms with van der Waals surface area (Å²) in [6, 6.07) is 7.33. The van der Waals surface area contributed by atoms with Gasteiger partial charge >= 0.3 is 5.97 Å². The van der Waals surface area contributed by atoms with Crippen LogP contribution in [0.3, 0.4) is 0 Å². The highest BCUT2D eigenvalue weighted by atomic mass is 16.5. The third-order valence-corrected chi connectivity index (χ3v) is 4.95. The summed E-state index contributed by atoms with van der Waals surface area (Å²) in [6.07, 6.45) is 6.67. The molecule has 1 aliphatic carbocycles. The van der Waals surface area contributed by atoms with Crippen LogP contribution in [0, 0.1) is 0 Å². The van der Waals surface area contributed by atoms with E-state index in [4.69, 9.17) is 16.2 Å². The number of aliphatic imine (C=N–C) groups is 2. The fraction of sp³-hybridized carbons (Fsp3) is 0.526. The fourth-order valence-electron chi connectivity index (χ4n) is 3.70. The second-order valence-corrected chi connectivity index (χ2v) is 6.83. The SMILES string of the molecule is CCCCOC(=O)c1ccccc1N1C(N)=NC(N)=NC12CCCCC2. The van der Waals surface area contributed by atoms with Crippen LogP contribution in [0.5, 0.6) is 0 Å². The van der Waals surface area contributed by atoms with Crippen molar-refractivity contribution in [3.05, 3.63) is 29.8 Å². The lowest BCUT2D eigenvalue weighted by atomic mass is 9.87. The summed E-state index contributed by atoms with van der Waals surface area (Å²) in [5.74, 6) is 0.118. The van der Waals surface area contributed by atoms with Crippen LogP contribution < -0.4 is 16.4 Å². The summed E-state index contributed by atoms with van der Waals surface area (Å²) in [7, 11) is 0. The molecule has 140 valence electrons. The van der Waals surface area contributed by atoms with Crippen LogP contribution in [0.1, 0.15) is 62.2 Å². The number of hydrogen-bond donors (Lipinski definition) is 2. The van der Waals surface area contributed by atoms with Crippen molar-refractivity contribution < 1.29 is 9.53 Å². The Morgan fingerprint density at radius 3 is 2.69 bits per heavy atom. The fourth-order valence-corrected chi connectivity index (χ4v) is 3.70. The van der Waals surface area contributed by atoms with Crippen molar-refractivity contribution in [2.45, 2.75) is 57.5 Å². The number of hydrogen-bond acceptors (Lipinski definition) is 7. The van der Waals surface area contributed by atoms with Crippen molar-refractivity contribution in [1.82, 2.24) is 0 Å². The first-order valence-electron chi connectivity index (χ1n) is 9.33. The first-order valence-corrected chi connectivity index (χ1v) is 9.33. The molecule has 0 bridgehead atoms. The van der Waals surface area contributed by atoms with Crippen LogP contribution in [0.2, 0.25) is 0 Å². The number of carbonyl (C=O) groups is 1. The first-order chi connectivity index (χ1) is 12.6. The number of nitrogens with zero attached hydrogens (tertiary/aromatic N) is 3. The highest BCUT2D eigenvalue weighted by Gasteiger charge is 2.43. The molecule has 3 rings (SSSR count). The lowest BCUT2D eigenvalue weighted by Gasteiger charge is -2.46. The number of benzene rings is 1. The summed E-state index contributed by atoms with van der Waals surface area (Å²) in [6.45, 7) is 2.46. The summed E-state index contributed by atoms with van der Waals surface area (Å²) in [5.41, 5.74) is 12.7. The molecule has 0 radical (unpaired) electrons. The topological polar surface area (TPSA) is 106 Å². The Balaban J connectivity index is 1.99. The number of unbranched alkanes of at least 4 members (excludes halogenated alkanes) is 1. The van der Waals surface area contributed by atoms with E-state index in [2.05, 4.69) is 16.9 Å². The summed E-state index contributed by atoms with van der Waals surface area (Å²) < 4.78 is 5.43. The van der Waals surface area contributed by atoms with Crippen LogP contribution >= 0.6 is 0 Å². The van der Waals surface area contributed by atoms with Crippen LogP contribution in [0.4, 0.5) is 5.69 Å². The molecule has 7 nitrogen and oxygen atoms in total. The predicted octanol–water partition coefficient (Wildman–Crippen LogP) is 2.75. The second kappa shape index (κ2) is 7.76. The standard InChI is InChI=1S/C19H27N5O2/c1-2-3-13-26-16(25)14-9-5-6-10-15(14)24-18(21)22-17(20)23-19(24)11-7-4-8-12-19/h5-6,9-10H,2-4,7-8,11-13H2,1H3,(H4,20,21,22,23). The average molecular weight is 357 g/mol. The van der Waals surface area contributed by atoms with Gasteiger partial charge in [-0.3, -0.25) is 4.90 Å². The highest BCUT2D eigenvalue weighted by Crippen LogP contribution is 2.40. The van der Waals surface area contributed by atoms with Gasteiger partial charge in [0.25, 0.3) is 0 Å². The van der Waals surface area contributed by atoms with E-state index >= 15 is 0 Å². The van der Waals surface area contributed by atoms with E-state index in [0.29, 0.717) is 17.9 Å². The monoisotopic (exact) mass is 357 g/mol. The second-order valence-electron chi connectivity index (χ2n) is 6.83. The minimum Gasteiger partial charge on any atom is -0.462 e. The van der Waals surface area contributed by atoms with Crippen molar-refractivity contribution in [2.75, 3.05) is 11.5 Å². The Hall–Kier alpha value is -2.57. The van der Waals surface area contributed by atoms with Gasteiger partial charge in [-0.1, -0.05) is 31.9 Å². The third-order valence-electron chi connectivity index (χ3n) is 4.95. The van der Waals surface area contributed by atoms with E-state index in [0.717, 1.165) is 44.9 Å². The van der Waals surface area contributed by atoms with E-state index in [-0.39, 0.29) is 17.9 Å².